The fourth-order valence-corrected chi connectivity index (χ4v) is 3.83. The van der Waals surface area contributed by atoms with Crippen molar-refractivity contribution in [3.05, 3.63) is 65.2 Å². The van der Waals surface area contributed by atoms with Gasteiger partial charge in [0.15, 0.2) is 0 Å². The predicted molar refractivity (Wildman–Crippen MR) is 134 cm³/mol. The minimum absolute atomic E-state index is 0.0154. The van der Waals surface area contributed by atoms with E-state index in [1.165, 1.54) is 5.56 Å². The van der Waals surface area contributed by atoms with Crippen LogP contribution in [0.15, 0.2) is 48.5 Å². The maximum Gasteiger partial charge on any atom is 0.243 e. The molecule has 0 heterocycles. The second-order valence-corrected chi connectivity index (χ2v) is 9.91. The Morgan fingerprint density at radius 2 is 1.70 bits per heavy atom. The fourth-order valence-electron chi connectivity index (χ4n) is 3.83. The minimum Gasteiger partial charge on any atom is -0.497 e. The molecule has 180 valence electrons. The molecule has 2 amide bonds. The summed E-state index contributed by atoms with van der Waals surface area (Å²) in [5.74, 6) is 0.597. The molecular weight excluding hydrogens is 412 g/mol. The van der Waals surface area contributed by atoms with Gasteiger partial charge in [0.1, 0.15) is 11.8 Å². The van der Waals surface area contributed by atoms with E-state index in [2.05, 4.69) is 50.4 Å². The standard InChI is InChI=1S/C28H40N2O3/c1-8-25(27(32)29-20(2)3)30(19-22-10-9-11-24(18-22)33-7)26(31)17-14-21-12-15-23(16-13-21)28(4,5)6/h9-13,15-16,18,20,25H,8,14,17,19H2,1-7H3,(H,29,32)/t25-/m1/s1. The van der Waals surface area contributed by atoms with Gasteiger partial charge in [0.25, 0.3) is 0 Å². The second-order valence-electron chi connectivity index (χ2n) is 9.91. The number of hydrogen-bond donors (Lipinski definition) is 1. The third kappa shape index (κ3) is 7.92. The van der Waals surface area contributed by atoms with Gasteiger partial charge in [-0.05, 0) is 60.9 Å². The second kappa shape index (κ2) is 11.9. The predicted octanol–water partition coefficient (Wildman–Crippen LogP) is 5.26. The molecule has 0 spiro atoms. The monoisotopic (exact) mass is 452 g/mol. The van der Waals surface area contributed by atoms with E-state index < -0.39 is 6.04 Å². The molecule has 0 aliphatic heterocycles. The zero-order valence-electron chi connectivity index (χ0n) is 21.3. The molecule has 0 saturated heterocycles. The van der Waals surface area contributed by atoms with Crippen LogP contribution in [-0.2, 0) is 28.0 Å². The Labute approximate surface area is 199 Å². The summed E-state index contributed by atoms with van der Waals surface area (Å²) in [6.45, 7) is 12.7. The molecule has 1 N–H and O–H groups in total. The molecule has 2 rings (SSSR count). The number of rotatable bonds is 10. The molecule has 0 saturated carbocycles. The molecule has 0 unspecified atom stereocenters. The topological polar surface area (TPSA) is 58.6 Å². The van der Waals surface area contributed by atoms with Crippen LogP contribution in [0.3, 0.4) is 0 Å². The van der Waals surface area contributed by atoms with E-state index in [1.807, 2.05) is 45.0 Å². The first-order valence-corrected chi connectivity index (χ1v) is 11.9. The molecule has 0 fully saturated rings. The van der Waals surface area contributed by atoms with Gasteiger partial charge in [-0.25, -0.2) is 0 Å². The van der Waals surface area contributed by atoms with Crippen molar-refractivity contribution < 1.29 is 14.3 Å². The van der Waals surface area contributed by atoms with Crippen LogP contribution in [0.1, 0.15) is 71.1 Å². The smallest absolute Gasteiger partial charge is 0.243 e. The highest BCUT2D eigenvalue weighted by molar-refractivity contribution is 5.87. The normalized spacial score (nSPS) is 12.4. The fraction of sp³-hybridized carbons (Fsp3) is 0.500. The molecule has 0 bridgehead atoms. The molecule has 0 radical (unpaired) electrons. The Balaban J connectivity index is 2.21. The van der Waals surface area contributed by atoms with E-state index in [9.17, 15) is 9.59 Å². The van der Waals surface area contributed by atoms with E-state index in [-0.39, 0.29) is 23.3 Å². The highest BCUT2D eigenvalue weighted by Gasteiger charge is 2.28. The van der Waals surface area contributed by atoms with Gasteiger partial charge in [-0.15, -0.1) is 0 Å². The molecule has 33 heavy (non-hydrogen) atoms. The van der Waals surface area contributed by atoms with Gasteiger partial charge in [0.05, 0.1) is 7.11 Å². The van der Waals surface area contributed by atoms with Crippen LogP contribution in [-0.4, -0.2) is 35.9 Å². The van der Waals surface area contributed by atoms with Crippen LogP contribution < -0.4 is 10.1 Å². The van der Waals surface area contributed by atoms with Crippen LogP contribution in [0.5, 0.6) is 5.75 Å². The number of methoxy groups -OCH3 is 1. The largest absolute Gasteiger partial charge is 0.497 e. The van der Waals surface area contributed by atoms with Gasteiger partial charge >= 0.3 is 0 Å². The number of amides is 2. The van der Waals surface area contributed by atoms with E-state index in [0.717, 1.165) is 16.9 Å². The van der Waals surface area contributed by atoms with Crippen LogP contribution >= 0.6 is 0 Å². The SMILES string of the molecule is CC[C@H](C(=O)NC(C)C)N(Cc1cccc(OC)c1)C(=O)CCc1ccc(C(C)(C)C)cc1. The zero-order valence-corrected chi connectivity index (χ0v) is 21.3. The Morgan fingerprint density at radius 1 is 1.03 bits per heavy atom. The summed E-state index contributed by atoms with van der Waals surface area (Å²) in [6, 6.07) is 15.6. The van der Waals surface area contributed by atoms with Crippen LogP contribution in [0, 0.1) is 0 Å². The number of nitrogens with zero attached hydrogens (tertiary/aromatic N) is 1. The summed E-state index contributed by atoms with van der Waals surface area (Å²) >= 11 is 0. The van der Waals surface area contributed by atoms with Crippen molar-refractivity contribution >= 4 is 11.8 Å². The summed E-state index contributed by atoms with van der Waals surface area (Å²) < 4.78 is 5.34. The highest BCUT2D eigenvalue weighted by Crippen LogP contribution is 2.23. The summed E-state index contributed by atoms with van der Waals surface area (Å²) in [4.78, 5) is 28.0. The van der Waals surface area contributed by atoms with E-state index in [0.29, 0.717) is 25.8 Å². The molecule has 2 aromatic carbocycles. The van der Waals surface area contributed by atoms with Crippen molar-refractivity contribution in [2.75, 3.05) is 7.11 Å². The van der Waals surface area contributed by atoms with Gasteiger partial charge < -0.3 is 15.0 Å². The zero-order chi connectivity index (χ0) is 24.6. The summed E-state index contributed by atoms with van der Waals surface area (Å²) in [5.41, 5.74) is 3.43. The Hall–Kier alpha value is -2.82. The number of benzene rings is 2. The van der Waals surface area contributed by atoms with Gasteiger partial charge in [-0.1, -0.05) is 64.1 Å². The highest BCUT2D eigenvalue weighted by atomic mass is 16.5. The molecule has 5 heteroatoms. The Kier molecular flexibility index (Phi) is 9.51. The molecule has 0 aromatic heterocycles. The van der Waals surface area contributed by atoms with Crippen molar-refractivity contribution in [2.24, 2.45) is 0 Å². The number of nitrogens with one attached hydrogen (secondary N) is 1. The van der Waals surface area contributed by atoms with Crippen molar-refractivity contribution in [3.63, 3.8) is 0 Å². The number of aryl methyl sites for hydroxylation is 1. The summed E-state index contributed by atoms with van der Waals surface area (Å²) in [5, 5.41) is 2.97. The average molecular weight is 453 g/mol. The minimum atomic E-state index is -0.519. The van der Waals surface area contributed by atoms with E-state index in [4.69, 9.17) is 4.74 Å². The van der Waals surface area contributed by atoms with Crippen LogP contribution in [0.4, 0.5) is 0 Å². The molecule has 1 atom stereocenters. The third-order valence-corrected chi connectivity index (χ3v) is 5.75. The number of carbonyl (C=O) groups excluding carboxylic acids is 2. The van der Waals surface area contributed by atoms with Crippen molar-refractivity contribution in [1.29, 1.82) is 0 Å². The van der Waals surface area contributed by atoms with Crippen LogP contribution in [0.25, 0.3) is 0 Å². The van der Waals surface area contributed by atoms with Gasteiger partial charge in [0.2, 0.25) is 11.8 Å². The lowest BCUT2D eigenvalue weighted by Gasteiger charge is -2.31. The lowest BCUT2D eigenvalue weighted by atomic mass is 9.86. The molecule has 0 aliphatic carbocycles. The van der Waals surface area contributed by atoms with Crippen LogP contribution in [0.2, 0.25) is 0 Å². The lowest BCUT2D eigenvalue weighted by Crippen LogP contribution is -2.50. The Bertz CT molecular complexity index is 913. The van der Waals surface area contributed by atoms with Crippen molar-refractivity contribution in [1.82, 2.24) is 10.2 Å². The van der Waals surface area contributed by atoms with E-state index >= 15 is 0 Å². The lowest BCUT2D eigenvalue weighted by molar-refractivity contribution is -0.141. The van der Waals surface area contributed by atoms with Gasteiger partial charge in [0, 0.05) is 19.0 Å². The first-order valence-electron chi connectivity index (χ1n) is 11.9. The maximum absolute atomic E-state index is 13.4. The summed E-state index contributed by atoms with van der Waals surface area (Å²) in [7, 11) is 1.62. The number of ether oxygens (including phenoxy) is 1. The quantitative estimate of drug-likeness (QED) is 0.535. The molecule has 0 aliphatic rings. The maximum atomic E-state index is 13.4. The molecular formula is C28H40N2O3. The number of hydrogen-bond acceptors (Lipinski definition) is 3. The van der Waals surface area contributed by atoms with Crippen molar-refractivity contribution in [2.45, 2.75) is 84.8 Å². The Morgan fingerprint density at radius 3 is 2.24 bits per heavy atom. The molecule has 5 nitrogen and oxygen atoms in total. The third-order valence-electron chi connectivity index (χ3n) is 5.75. The first-order chi connectivity index (χ1) is 15.5. The van der Waals surface area contributed by atoms with Gasteiger partial charge in [-0.3, -0.25) is 9.59 Å². The summed E-state index contributed by atoms with van der Waals surface area (Å²) in [6.07, 6.45) is 1.54. The average Bonchev–Trinajstić information content (AvgIpc) is 2.76. The van der Waals surface area contributed by atoms with Crippen molar-refractivity contribution in [3.8, 4) is 5.75 Å². The number of carbonyl (C=O) groups is 2. The van der Waals surface area contributed by atoms with E-state index in [1.54, 1.807) is 12.0 Å². The first kappa shape index (κ1) is 26.4. The molecule has 2 aromatic rings. The van der Waals surface area contributed by atoms with Gasteiger partial charge in [-0.2, -0.15) is 0 Å².